The van der Waals surface area contributed by atoms with Crippen molar-refractivity contribution in [3.63, 3.8) is 0 Å². The molecule has 0 saturated heterocycles. The normalized spacial score (nSPS) is 22.5. The van der Waals surface area contributed by atoms with E-state index in [1.807, 2.05) is 0 Å². The molecule has 2 fully saturated rings. The number of carbonyl (C=O) groups is 4. The minimum Gasteiger partial charge on any atom is -0.461 e. The minimum absolute atomic E-state index is 0.165. The zero-order valence-electron chi connectivity index (χ0n) is 21.0. The summed E-state index contributed by atoms with van der Waals surface area (Å²) >= 11 is 0. The van der Waals surface area contributed by atoms with E-state index in [1.54, 1.807) is 41.5 Å². The first-order valence-corrected chi connectivity index (χ1v) is 11.2. The molecule has 2 aliphatic carbocycles. The maximum atomic E-state index is 11.4. The van der Waals surface area contributed by atoms with Gasteiger partial charge < -0.3 is 29.6 Å². The van der Waals surface area contributed by atoms with Gasteiger partial charge in [-0.15, -0.1) is 0 Å². The molecule has 0 aromatic rings. The smallest absolute Gasteiger partial charge is 0.407 e. The predicted molar refractivity (Wildman–Crippen MR) is 125 cm³/mol. The van der Waals surface area contributed by atoms with Gasteiger partial charge in [0.25, 0.3) is 0 Å². The summed E-state index contributed by atoms with van der Waals surface area (Å²) < 4.78 is 19.9. The van der Waals surface area contributed by atoms with Gasteiger partial charge in [0, 0.05) is 12.1 Å². The molecule has 0 unspecified atom stereocenters. The van der Waals surface area contributed by atoms with Crippen LogP contribution in [0, 0.1) is 11.8 Å². The van der Waals surface area contributed by atoms with Gasteiger partial charge in [0.05, 0.1) is 11.8 Å². The Morgan fingerprint density at radius 3 is 1.32 bits per heavy atom. The third kappa shape index (κ3) is 12.3. The molecule has 0 bridgehead atoms. The van der Waals surface area contributed by atoms with Gasteiger partial charge in [-0.1, -0.05) is 25.3 Å². The van der Waals surface area contributed by atoms with E-state index in [9.17, 15) is 19.2 Å². The average molecular weight is 483 g/mol. The zero-order valence-corrected chi connectivity index (χ0v) is 21.0. The summed E-state index contributed by atoms with van der Waals surface area (Å²) in [6, 6.07) is -0.329. The lowest BCUT2D eigenvalue weighted by atomic mass is 10.2. The molecule has 2 N–H and O–H groups in total. The van der Waals surface area contributed by atoms with Crippen LogP contribution >= 0.6 is 0 Å². The Kier molecular flexibility index (Phi) is 10.6. The fraction of sp³-hybridized carbons (Fsp3) is 0.667. The third-order valence-electron chi connectivity index (χ3n) is 4.28. The number of amides is 2. The Hall–Kier alpha value is -3.04. The van der Waals surface area contributed by atoms with Gasteiger partial charge in [-0.3, -0.25) is 9.59 Å². The summed E-state index contributed by atoms with van der Waals surface area (Å²) in [5.74, 6) is -1.10. The molecule has 2 saturated carbocycles. The fourth-order valence-electron chi connectivity index (χ4n) is 2.64. The molecule has 2 rings (SSSR count). The van der Waals surface area contributed by atoms with Crippen molar-refractivity contribution in [1.29, 1.82) is 0 Å². The second kappa shape index (κ2) is 12.4. The van der Waals surface area contributed by atoms with Crippen molar-refractivity contribution in [2.45, 2.75) is 77.7 Å². The standard InChI is InChI=1S/2C12H19NO4/c2*1-5-6-16-10(14)8-7-9(8)13-11(15)17-12(2,3)4/h2*5,8-9H,1,6-7H2,2-4H3,(H,13,15)/t2*8-,9+/m10/s1. The van der Waals surface area contributed by atoms with Crippen molar-refractivity contribution in [3.8, 4) is 0 Å². The Morgan fingerprint density at radius 1 is 0.735 bits per heavy atom. The molecule has 0 aromatic carbocycles. The molecular formula is C24H38N2O8. The van der Waals surface area contributed by atoms with Crippen molar-refractivity contribution in [2.24, 2.45) is 11.8 Å². The minimum atomic E-state index is -0.530. The number of alkyl carbamates (subject to hydrolysis) is 2. The summed E-state index contributed by atoms with van der Waals surface area (Å²) in [4.78, 5) is 45.5. The highest BCUT2D eigenvalue weighted by Crippen LogP contribution is 2.32. The lowest BCUT2D eigenvalue weighted by Crippen LogP contribution is -2.35. The first kappa shape index (κ1) is 29.0. The molecule has 0 spiro atoms. The number of rotatable bonds is 8. The van der Waals surface area contributed by atoms with E-state index in [0.29, 0.717) is 12.8 Å². The summed E-state index contributed by atoms with van der Waals surface area (Å²) in [5, 5.41) is 5.26. The Labute approximate surface area is 201 Å². The van der Waals surface area contributed by atoms with Gasteiger partial charge in [0.2, 0.25) is 0 Å². The highest BCUT2D eigenvalue weighted by molar-refractivity contribution is 5.79. The van der Waals surface area contributed by atoms with Crippen LogP contribution in [0.5, 0.6) is 0 Å². The summed E-state index contributed by atoms with van der Waals surface area (Å²) in [6.45, 7) is 18.0. The fourth-order valence-corrected chi connectivity index (χ4v) is 2.64. The van der Waals surface area contributed by atoms with Crippen LogP contribution in [0.1, 0.15) is 54.4 Å². The number of hydrogen-bond acceptors (Lipinski definition) is 8. The third-order valence-corrected chi connectivity index (χ3v) is 4.28. The molecule has 2 amide bonds. The Bertz CT molecular complexity index is 702. The van der Waals surface area contributed by atoms with E-state index in [0.717, 1.165) is 0 Å². The van der Waals surface area contributed by atoms with Gasteiger partial charge in [-0.25, -0.2) is 9.59 Å². The first-order chi connectivity index (χ1) is 15.7. The molecule has 34 heavy (non-hydrogen) atoms. The van der Waals surface area contributed by atoms with E-state index in [4.69, 9.17) is 18.9 Å². The second-order valence-corrected chi connectivity index (χ2v) is 10.0. The van der Waals surface area contributed by atoms with Gasteiger partial charge in [-0.05, 0) is 54.4 Å². The van der Waals surface area contributed by atoms with Crippen LogP contribution in [0.4, 0.5) is 9.59 Å². The molecule has 192 valence electrons. The van der Waals surface area contributed by atoms with Crippen molar-refractivity contribution in [3.05, 3.63) is 25.3 Å². The van der Waals surface area contributed by atoms with E-state index in [-0.39, 0.29) is 49.1 Å². The molecule has 10 heteroatoms. The highest BCUT2D eigenvalue weighted by atomic mass is 16.6. The van der Waals surface area contributed by atoms with Crippen LogP contribution in [-0.4, -0.2) is 60.6 Å². The van der Waals surface area contributed by atoms with Gasteiger partial charge >= 0.3 is 24.1 Å². The Morgan fingerprint density at radius 2 is 1.06 bits per heavy atom. The predicted octanol–water partition coefficient (Wildman–Crippen LogP) is 3.26. The Balaban J connectivity index is 0.000000340. The van der Waals surface area contributed by atoms with E-state index in [2.05, 4.69) is 23.8 Å². The number of esters is 2. The molecule has 0 aromatic heterocycles. The highest BCUT2D eigenvalue weighted by Gasteiger charge is 2.46. The second-order valence-electron chi connectivity index (χ2n) is 10.0. The van der Waals surface area contributed by atoms with Crippen LogP contribution < -0.4 is 10.6 Å². The molecule has 0 aliphatic heterocycles. The van der Waals surface area contributed by atoms with Crippen LogP contribution in [0.25, 0.3) is 0 Å². The van der Waals surface area contributed by atoms with Crippen LogP contribution in [0.2, 0.25) is 0 Å². The first-order valence-electron chi connectivity index (χ1n) is 11.2. The maximum Gasteiger partial charge on any atom is 0.407 e. The molecule has 0 heterocycles. The lowest BCUT2D eigenvalue weighted by molar-refractivity contribution is -0.145. The van der Waals surface area contributed by atoms with Gasteiger partial charge in [0.1, 0.15) is 24.4 Å². The average Bonchev–Trinajstić information content (AvgIpc) is 3.58. The van der Waals surface area contributed by atoms with Crippen molar-refractivity contribution in [2.75, 3.05) is 13.2 Å². The van der Waals surface area contributed by atoms with E-state index >= 15 is 0 Å². The molecule has 0 radical (unpaired) electrons. The van der Waals surface area contributed by atoms with Crippen molar-refractivity contribution in [1.82, 2.24) is 10.6 Å². The SMILES string of the molecule is C=CCOC(=O)[C@@H]1C[C@@H]1NC(=O)OC(C)(C)C.C=CCOC(=O)[C@H]1C[C@H]1NC(=O)OC(C)(C)C. The molecule has 4 atom stereocenters. The van der Waals surface area contributed by atoms with E-state index < -0.39 is 23.4 Å². The lowest BCUT2D eigenvalue weighted by Gasteiger charge is -2.19. The van der Waals surface area contributed by atoms with Crippen LogP contribution in [0.3, 0.4) is 0 Å². The molecular weight excluding hydrogens is 444 g/mol. The van der Waals surface area contributed by atoms with Crippen molar-refractivity contribution >= 4 is 24.1 Å². The van der Waals surface area contributed by atoms with E-state index in [1.165, 1.54) is 12.2 Å². The number of hydrogen-bond donors (Lipinski definition) is 2. The zero-order chi connectivity index (χ0) is 26.1. The number of ether oxygens (including phenoxy) is 4. The van der Waals surface area contributed by atoms with Gasteiger partial charge in [-0.2, -0.15) is 0 Å². The number of carbonyl (C=O) groups excluding carboxylic acids is 4. The molecule has 2 aliphatic rings. The monoisotopic (exact) mass is 482 g/mol. The number of nitrogens with one attached hydrogen (secondary N) is 2. The summed E-state index contributed by atoms with van der Waals surface area (Å²) in [7, 11) is 0. The van der Waals surface area contributed by atoms with Crippen LogP contribution in [0.15, 0.2) is 25.3 Å². The van der Waals surface area contributed by atoms with Gasteiger partial charge in [0.15, 0.2) is 0 Å². The van der Waals surface area contributed by atoms with Crippen molar-refractivity contribution < 1.29 is 38.1 Å². The topological polar surface area (TPSA) is 129 Å². The molecule has 10 nitrogen and oxygen atoms in total. The maximum absolute atomic E-state index is 11.4. The summed E-state index contributed by atoms with van der Waals surface area (Å²) in [5.41, 5.74) is -1.06. The largest absolute Gasteiger partial charge is 0.461 e. The van der Waals surface area contributed by atoms with Crippen LogP contribution in [-0.2, 0) is 28.5 Å². The quantitative estimate of drug-likeness (QED) is 0.306. The summed E-state index contributed by atoms with van der Waals surface area (Å²) in [6.07, 6.45) is 3.24.